The van der Waals surface area contributed by atoms with Crippen molar-refractivity contribution in [2.45, 2.75) is 13.3 Å². The number of carbonyl (C=O) groups excluding carboxylic acids is 1. The zero-order valence-corrected chi connectivity index (χ0v) is 16.4. The molecule has 0 radical (unpaired) electrons. The molecule has 0 aliphatic rings. The number of hydrogen-bond acceptors (Lipinski definition) is 5. The molecule has 0 atom stereocenters. The van der Waals surface area contributed by atoms with Crippen molar-refractivity contribution < 1.29 is 13.6 Å². The Morgan fingerprint density at radius 1 is 1.30 bits per heavy atom. The number of rotatable bonds is 5. The lowest BCUT2D eigenvalue weighted by Gasteiger charge is -2.10. The second-order valence-corrected chi connectivity index (χ2v) is 6.68. The first-order chi connectivity index (χ1) is 14.5. The number of benzene rings is 1. The molecular weight excluding hydrogens is 413 g/mol. The molecule has 0 unspecified atom stereocenters. The Morgan fingerprint density at radius 3 is 2.83 bits per heavy atom. The fourth-order valence-electron chi connectivity index (χ4n) is 2.85. The highest BCUT2D eigenvalue weighted by molar-refractivity contribution is 6.34. The van der Waals surface area contributed by atoms with Gasteiger partial charge < -0.3 is 9.73 Å². The highest BCUT2D eigenvalue weighted by Crippen LogP contribution is 2.26. The van der Waals surface area contributed by atoms with Gasteiger partial charge in [0, 0.05) is 17.8 Å². The number of amides is 1. The van der Waals surface area contributed by atoms with Crippen LogP contribution in [0.5, 0.6) is 0 Å². The average Bonchev–Trinajstić information content (AvgIpc) is 3.37. The maximum Gasteiger partial charge on any atom is 0.261 e. The SMILES string of the molecule is CCc1cc(=O)[nH]c(-n2nc(-c3ccco3)cc2NC(=O)c2c(F)cccc2Cl)n1. The number of furan rings is 1. The first kappa shape index (κ1) is 19.6. The van der Waals surface area contributed by atoms with Crippen LogP contribution in [0.4, 0.5) is 10.2 Å². The van der Waals surface area contributed by atoms with Gasteiger partial charge >= 0.3 is 0 Å². The van der Waals surface area contributed by atoms with E-state index in [1.807, 2.05) is 6.92 Å². The normalized spacial score (nSPS) is 10.9. The fraction of sp³-hybridized carbons (Fsp3) is 0.100. The van der Waals surface area contributed by atoms with Gasteiger partial charge in [-0.25, -0.2) is 9.37 Å². The first-order valence-electron chi connectivity index (χ1n) is 8.96. The number of aromatic nitrogens is 4. The number of nitrogens with zero attached hydrogens (tertiary/aromatic N) is 3. The van der Waals surface area contributed by atoms with E-state index in [4.69, 9.17) is 16.0 Å². The summed E-state index contributed by atoms with van der Waals surface area (Å²) in [5, 5.41) is 6.92. The summed E-state index contributed by atoms with van der Waals surface area (Å²) in [4.78, 5) is 31.7. The van der Waals surface area contributed by atoms with Crippen LogP contribution < -0.4 is 10.9 Å². The van der Waals surface area contributed by atoms with Crippen molar-refractivity contribution in [3.05, 3.63) is 81.2 Å². The Morgan fingerprint density at radius 2 is 2.13 bits per heavy atom. The predicted molar refractivity (Wildman–Crippen MR) is 108 cm³/mol. The van der Waals surface area contributed by atoms with E-state index in [2.05, 4.69) is 20.4 Å². The highest BCUT2D eigenvalue weighted by Gasteiger charge is 2.21. The van der Waals surface area contributed by atoms with Gasteiger partial charge in [-0.1, -0.05) is 24.6 Å². The third-order valence-electron chi connectivity index (χ3n) is 4.26. The van der Waals surface area contributed by atoms with E-state index < -0.39 is 11.7 Å². The summed E-state index contributed by atoms with van der Waals surface area (Å²) in [6.45, 7) is 1.85. The maximum absolute atomic E-state index is 14.2. The van der Waals surface area contributed by atoms with E-state index in [1.165, 1.54) is 35.2 Å². The first-order valence-corrected chi connectivity index (χ1v) is 9.34. The van der Waals surface area contributed by atoms with Crippen LogP contribution >= 0.6 is 11.6 Å². The second kappa shape index (κ2) is 7.96. The van der Waals surface area contributed by atoms with Crippen molar-refractivity contribution in [3.8, 4) is 17.4 Å². The van der Waals surface area contributed by atoms with Crippen LogP contribution in [0, 0.1) is 5.82 Å². The summed E-state index contributed by atoms with van der Waals surface area (Å²) >= 11 is 6.00. The van der Waals surface area contributed by atoms with E-state index in [0.29, 0.717) is 23.6 Å². The third kappa shape index (κ3) is 3.74. The number of hydrogen-bond donors (Lipinski definition) is 2. The van der Waals surface area contributed by atoms with Crippen LogP contribution in [-0.2, 0) is 6.42 Å². The van der Waals surface area contributed by atoms with Crippen LogP contribution in [0.2, 0.25) is 5.02 Å². The van der Waals surface area contributed by atoms with E-state index in [1.54, 1.807) is 12.1 Å². The molecular formula is C20H15ClFN5O3. The van der Waals surface area contributed by atoms with E-state index >= 15 is 0 Å². The zero-order chi connectivity index (χ0) is 21.3. The fourth-order valence-corrected chi connectivity index (χ4v) is 3.09. The van der Waals surface area contributed by atoms with Gasteiger partial charge in [-0.3, -0.25) is 14.6 Å². The van der Waals surface area contributed by atoms with Gasteiger partial charge in [-0.15, -0.1) is 0 Å². The molecule has 0 saturated carbocycles. The predicted octanol–water partition coefficient (Wildman–Crippen LogP) is 3.82. The smallest absolute Gasteiger partial charge is 0.261 e. The summed E-state index contributed by atoms with van der Waals surface area (Å²) in [5.41, 5.74) is 0.231. The van der Waals surface area contributed by atoms with Gasteiger partial charge in [0.25, 0.3) is 11.5 Å². The summed E-state index contributed by atoms with van der Waals surface area (Å²) in [7, 11) is 0. The minimum absolute atomic E-state index is 0.0377. The van der Waals surface area contributed by atoms with Crippen LogP contribution in [0.25, 0.3) is 17.4 Å². The molecule has 3 heterocycles. The monoisotopic (exact) mass is 427 g/mol. The van der Waals surface area contributed by atoms with E-state index in [9.17, 15) is 14.0 Å². The Hall–Kier alpha value is -3.72. The van der Waals surface area contributed by atoms with Gasteiger partial charge in [0.1, 0.15) is 17.3 Å². The van der Waals surface area contributed by atoms with Crippen molar-refractivity contribution in [3.63, 3.8) is 0 Å². The summed E-state index contributed by atoms with van der Waals surface area (Å²) < 4.78 is 20.8. The molecule has 0 saturated heterocycles. The number of nitrogens with one attached hydrogen (secondary N) is 2. The van der Waals surface area contributed by atoms with Crippen molar-refractivity contribution in [1.29, 1.82) is 0 Å². The molecule has 10 heteroatoms. The number of H-pyrrole nitrogens is 1. The minimum atomic E-state index is -0.778. The maximum atomic E-state index is 14.2. The average molecular weight is 428 g/mol. The molecule has 0 aliphatic heterocycles. The highest BCUT2D eigenvalue weighted by atomic mass is 35.5. The molecule has 0 bridgehead atoms. The largest absolute Gasteiger partial charge is 0.463 e. The third-order valence-corrected chi connectivity index (χ3v) is 4.57. The molecule has 4 rings (SSSR count). The zero-order valence-electron chi connectivity index (χ0n) is 15.6. The summed E-state index contributed by atoms with van der Waals surface area (Å²) in [6.07, 6.45) is 2.00. The lowest BCUT2D eigenvalue weighted by molar-refractivity contribution is 0.102. The Kier molecular flexibility index (Phi) is 5.20. The van der Waals surface area contributed by atoms with Crippen molar-refractivity contribution in [2.75, 3.05) is 5.32 Å². The van der Waals surface area contributed by atoms with Gasteiger partial charge in [-0.05, 0) is 30.7 Å². The lowest BCUT2D eigenvalue weighted by atomic mass is 10.2. The molecule has 0 spiro atoms. The van der Waals surface area contributed by atoms with Crippen LogP contribution in [0.15, 0.2) is 57.9 Å². The van der Waals surface area contributed by atoms with Crippen molar-refractivity contribution >= 4 is 23.3 Å². The quantitative estimate of drug-likeness (QED) is 0.503. The molecule has 1 amide bonds. The Labute approximate surface area is 174 Å². The van der Waals surface area contributed by atoms with Gasteiger partial charge in [0.05, 0.1) is 16.8 Å². The molecule has 1 aromatic carbocycles. The van der Waals surface area contributed by atoms with Crippen LogP contribution in [0.1, 0.15) is 23.0 Å². The Balaban J connectivity index is 1.81. The molecule has 30 heavy (non-hydrogen) atoms. The molecule has 2 N–H and O–H groups in total. The van der Waals surface area contributed by atoms with Gasteiger partial charge in [0.15, 0.2) is 5.76 Å². The molecule has 3 aromatic heterocycles. The molecule has 0 fully saturated rings. The lowest BCUT2D eigenvalue weighted by Crippen LogP contribution is -2.20. The number of halogens is 2. The Bertz CT molecular complexity index is 1260. The number of anilines is 1. The number of aryl methyl sites for hydroxylation is 1. The molecule has 152 valence electrons. The van der Waals surface area contributed by atoms with Crippen LogP contribution in [0.3, 0.4) is 0 Å². The van der Waals surface area contributed by atoms with E-state index in [-0.39, 0.29) is 27.9 Å². The molecule has 0 aliphatic carbocycles. The minimum Gasteiger partial charge on any atom is -0.463 e. The van der Waals surface area contributed by atoms with Crippen molar-refractivity contribution in [1.82, 2.24) is 19.7 Å². The number of aromatic amines is 1. The standard InChI is InChI=1S/C20H15ClFN5O3/c1-2-11-9-17(28)25-20(23-11)27-16(10-14(26-27)15-7-4-8-30-15)24-19(29)18-12(21)5-3-6-13(18)22/h3-10H,2H2,1H3,(H,24,29)(H,23,25,28). The number of carbonyl (C=O) groups is 1. The molecule has 4 aromatic rings. The van der Waals surface area contributed by atoms with Crippen molar-refractivity contribution in [2.24, 2.45) is 0 Å². The van der Waals surface area contributed by atoms with Crippen LogP contribution in [-0.4, -0.2) is 25.7 Å². The summed E-state index contributed by atoms with van der Waals surface area (Å²) in [6, 6.07) is 10.2. The topological polar surface area (TPSA) is 106 Å². The van der Waals surface area contributed by atoms with Gasteiger partial charge in [0.2, 0.25) is 5.95 Å². The van der Waals surface area contributed by atoms with Gasteiger partial charge in [-0.2, -0.15) is 9.78 Å². The molecule has 8 nitrogen and oxygen atoms in total. The van der Waals surface area contributed by atoms with E-state index in [0.717, 1.165) is 6.07 Å². The summed E-state index contributed by atoms with van der Waals surface area (Å²) in [5.74, 6) is -0.882. The second-order valence-electron chi connectivity index (χ2n) is 6.27.